The lowest BCUT2D eigenvalue weighted by Crippen LogP contribution is -2.44. The van der Waals surface area contributed by atoms with Crippen LogP contribution >= 0.6 is 0 Å². The van der Waals surface area contributed by atoms with Crippen molar-refractivity contribution in [1.82, 2.24) is 4.90 Å². The van der Waals surface area contributed by atoms with E-state index in [4.69, 9.17) is 5.73 Å². The van der Waals surface area contributed by atoms with E-state index in [2.05, 4.69) is 24.3 Å². The summed E-state index contributed by atoms with van der Waals surface area (Å²) in [6, 6.07) is 9.17. The third-order valence-electron chi connectivity index (χ3n) is 5.30. The van der Waals surface area contributed by atoms with Gasteiger partial charge in [-0.2, -0.15) is 0 Å². The van der Waals surface area contributed by atoms with Crippen molar-refractivity contribution in [2.75, 3.05) is 7.05 Å². The molecule has 2 aliphatic rings. The van der Waals surface area contributed by atoms with Gasteiger partial charge in [-0.1, -0.05) is 24.3 Å². The molecule has 0 heterocycles. The van der Waals surface area contributed by atoms with Gasteiger partial charge in [-0.25, -0.2) is 0 Å². The fourth-order valence-corrected chi connectivity index (χ4v) is 3.93. The van der Waals surface area contributed by atoms with Gasteiger partial charge in [0.2, 0.25) is 5.91 Å². The summed E-state index contributed by atoms with van der Waals surface area (Å²) in [5.74, 6) is 0.373. The van der Waals surface area contributed by atoms with E-state index in [9.17, 15) is 4.79 Å². The largest absolute Gasteiger partial charge is 0.342 e. The first-order valence-electron chi connectivity index (χ1n) is 8.27. The van der Waals surface area contributed by atoms with Crippen molar-refractivity contribution in [3.63, 3.8) is 0 Å². The number of amides is 1. The Balaban J connectivity index is 1.73. The zero-order valence-electron chi connectivity index (χ0n) is 12.9. The minimum Gasteiger partial charge on any atom is -0.342 e. The van der Waals surface area contributed by atoms with Crippen LogP contribution in [0, 0.1) is 0 Å². The molecule has 1 atom stereocenters. The van der Waals surface area contributed by atoms with E-state index in [-0.39, 0.29) is 5.92 Å². The Hall–Kier alpha value is -1.35. The molecule has 2 aliphatic carbocycles. The molecule has 2 N–H and O–H groups in total. The number of rotatable bonds is 2. The number of aryl methyl sites for hydroxylation is 1. The summed E-state index contributed by atoms with van der Waals surface area (Å²) in [5.41, 5.74) is 8.60. The molecule has 3 rings (SSSR count). The first kappa shape index (κ1) is 14.6. The van der Waals surface area contributed by atoms with Crippen LogP contribution < -0.4 is 5.73 Å². The molecule has 1 unspecified atom stereocenters. The Morgan fingerprint density at radius 1 is 1.14 bits per heavy atom. The first-order valence-corrected chi connectivity index (χ1v) is 8.27. The lowest BCUT2D eigenvalue weighted by molar-refractivity contribution is -0.134. The van der Waals surface area contributed by atoms with Crippen LogP contribution in [0.1, 0.15) is 55.6 Å². The molecular formula is C18H26N2O. The number of nitrogens with zero attached hydrogens (tertiary/aromatic N) is 1. The number of nitrogens with two attached hydrogens (primary N) is 1. The number of hydrogen-bond donors (Lipinski definition) is 1. The van der Waals surface area contributed by atoms with E-state index >= 15 is 0 Å². The molecule has 1 saturated carbocycles. The maximum atomic E-state index is 12.9. The fraction of sp³-hybridized carbons (Fsp3) is 0.611. The van der Waals surface area contributed by atoms with Gasteiger partial charge in [0, 0.05) is 19.1 Å². The highest BCUT2D eigenvalue weighted by molar-refractivity contribution is 5.84. The Bertz CT molecular complexity index is 506. The van der Waals surface area contributed by atoms with Gasteiger partial charge in [0.25, 0.3) is 0 Å². The standard InChI is InChI=1S/C18H26N2O/c1-20(15-11-9-14(19)10-12-15)18(21)17-8-4-6-13-5-2-3-7-16(13)17/h2-3,5,7,14-15,17H,4,6,8-12,19H2,1H3. The molecule has 1 aromatic rings. The normalized spacial score (nSPS) is 28.8. The molecule has 1 fully saturated rings. The molecule has 0 bridgehead atoms. The van der Waals surface area contributed by atoms with Crippen molar-refractivity contribution >= 4 is 5.91 Å². The molecule has 1 aromatic carbocycles. The van der Waals surface area contributed by atoms with Crippen LogP contribution in [0.5, 0.6) is 0 Å². The number of carbonyl (C=O) groups excluding carboxylic acids is 1. The van der Waals surface area contributed by atoms with E-state index in [1.807, 2.05) is 11.9 Å². The number of benzene rings is 1. The average molecular weight is 286 g/mol. The van der Waals surface area contributed by atoms with Crippen LogP contribution in [0.25, 0.3) is 0 Å². The lowest BCUT2D eigenvalue weighted by atomic mass is 9.81. The monoisotopic (exact) mass is 286 g/mol. The molecule has 3 nitrogen and oxygen atoms in total. The minimum absolute atomic E-state index is 0.0653. The highest BCUT2D eigenvalue weighted by Gasteiger charge is 2.32. The quantitative estimate of drug-likeness (QED) is 0.908. The SMILES string of the molecule is CN(C(=O)C1CCCc2ccccc21)C1CCC(N)CC1. The lowest BCUT2D eigenvalue weighted by Gasteiger charge is -2.36. The zero-order valence-corrected chi connectivity index (χ0v) is 12.9. The van der Waals surface area contributed by atoms with Crippen LogP contribution in [0.3, 0.4) is 0 Å². The van der Waals surface area contributed by atoms with Crippen LogP contribution in [0.2, 0.25) is 0 Å². The Morgan fingerprint density at radius 3 is 2.62 bits per heavy atom. The van der Waals surface area contributed by atoms with Crippen molar-refractivity contribution in [2.24, 2.45) is 5.73 Å². The highest BCUT2D eigenvalue weighted by atomic mass is 16.2. The van der Waals surface area contributed by atoms with Crippen LogP contribution in [0.15, 0.2) is 24.3 Å². The fourth-order valence-electron chi connectivity index (χ4n) is 3.93. The molecule has 3 heteroatoms. The van der Waals surface area contributed by atoms with Crippen LogP contribution in [-0.4, -0.2) is 29.9 Å². The maximum Gasteiger partial charge on any atom is 0.230 e. The third-order valence-corrected chi connectivity index (χ3v) is 5.30. The Kier molecular flexibility index (Phi) is 4.29. The zero-order chi connectivity index (χ0) is 14.8. The molecular weight excluding hydrogens is 260 g/mol. The molecule has 0 saturated heterocycles. The summed E-state index contributed by atoms with van der Waals surface area (Å²) >= 11 is 0. The molecule has 114 valence electrons. The highest BCUT2D eigenvalue weighted by Crippen LogP contribution is 2.34. The molecule has 0 aliphatic heterocycles. The van der Waals surface area contributed by atoms with Gasteiger partial charge in [-0.15, -0.1) is 0 Å². The minimum atomic E-state index is 0.0653. The summed E-state index contributed by atoms with van der Waals surface area (Å²) in [6.45, 7) is 0. The number of carbonyl (C=O) groups is 1. The molecule has 0 aromatic heterocycles. The van der Waals surface area contributed by atoms with Crippen molar-refractivity contribution in [1.29, 1.82) is 0 Å². The summed E-state index contributed by atoms with van der Waals surface area (Å²) in [7, 11) is 1.99. The number of fused-ring (bicyclic) bond motifs is 1. The van der Waals surface area contributed by atoms with Gasteiger partial charge < -0.3 is 10.6 Å². The summed E-state index contributed by atoms with van der Waals surface area (Å²) in [6.07, 6.45) is 7.42. The van der Waals surface area contributed by atoms with Gasteiger partial charge in [-0.05, 0) is 56.1 Å². The second-order valence-corrected chi connectivity index (χ2v) is 6.66. The van der Waals surface area contributed by atoms with Gasteiger partial charge in [0.15, 0.2) is 0 Å². The predicted octanol–water partition coefficient (Wildman–Crippen LogP) is 2.83. The predicted molar refractivity (Wildman–Crippen MR) is 85.1 cm³/mol. The molecule has 21 heavy (non-hydrogen) atoms. The summed E-state index contributed by atoms with van der Waals surface area (Å²) < 4.78 is 0. The molecule has 0 radical (unpaired) electrons. The number of likely N-dealkylation sites (N-methyl/N-ethyl adjacent to an activating group) is 1. The molecule has 0 spiro atoms. The Morgan fingerprint density at radius 2 is 1.86 bits per heavy atom. The van der Waals surface area contributed by atoms with Crippen LogP contribution in [0.4, 0.5) is 0 Å². The second kappa shape index (κ2) is 6.18. The van der Waals surface area contributed by atoms with E-state index < -0.39 is 0 Å². The smallest absolute Gasteiger partial charge is 0.230 e. The van der Waals surface area contributed by atoms with Gasteiger partial charge >= 0.3 is 0 Å². The first-order chi connectivity index (χ1) is 10.2. The van der Waals surface area contributed by atoms with Crippen LogP contribution in [-0.2, 0) is 11.2 Å². The van der Waals surface area contributed by atoms with Gasteiger partial charge in [-0.3, -0.25) is 4.79 Å². The van der Waals surface area contributed by atoms with E-state index in [1.165, 1.54) is 11.1 Å². The summed E-state index contributed by atoms with van der Waals surface area (Å²) in [4.78, 5) is 14.9. The van der Waals surface area contributed by atoms with E-state index in [0.717, 1.165) is 44.9 Å². The van der Waals surface area contributed by atoms with Gasteiger partial charge in [0.1, 0.15) is 0 Å². The topological polar surface area (TPSA) is 46.3 Å². The average Bonchev–Trinajstić information content (AvgIpc) is 2.53. The van der Waals surface area contributed by atoms with Crippen molar-refractivity contribution in [2.45, 2.75) is 62.9 Å². The maximum absolute atomic E-state index is 12.9. The van der Waals surface area contributed by atoms with Crippen molar-refractivity contribution in [3.8, 4) is 0 Å². The third kappa shape index (κ3) is 2.98. The second-order valence-electron chi connectivity index (χ2n) is 6.66. The van der Waals surface area contributed by atoms with Crippen molar-refractivity contribution in [3.05, 3.63) is 35.4 Å². The number of hydrogen-bond acceptors (Lipinski definition) is 2. The Labute approximate surface area is 127 Å². The van der Waals surface area contributed by atoms with E-state index in [1.54, 1.807) is 0 Å². The summed E-state index contributed by atoms with van der Waals surface area (Å²) in [5, 5.41) is 0. The molecule has 1 amide bonds. The van der Waals surface area contributed by atoms with Gasteiger partial charge in [0.05, 0.1) is 5.92 Å². The van der Waals surface area contributed by atoms with E-state index in [0.29, 0.717) is 18.0 Å². The van der Waals surface area contributed by atoms with Crippen molar-refractivity contribution < 1.29 is 4.79 Å².